The van der Waals surface area contributed by atoms with Crippen LogP contribution in [0.15, 0.2) is 5.38 Å². The number of aromatic nitrogens is 1. The molecule has 3 nitrogen and oxygen atoms in total. The SMILES string of the molecule is CC(C)CCN(Cc1csc(CN)n1)C1CC1. The summed E-state index contributed by atoms with van der Waals surface area (Å²) in [6.45, 7) is 7.37. The van der Waals surface area contributed by atoms with E-state index in [1.165, 1.54) is 31.5 Å². The molecule has 17 heavy (non-hydrogen) atoms. The highest BCUT2D eigenvalue weighted by Gasteiger charge is 2.29. The van der Waals surface area contributed by atoms with E-state index in [4.69, 9.17) is 5.73 Å². The number of nitrogens with two attached hydrogens (primary N) is 1. The molecule has 1 heterocycles. The van der Waals surface area contributed by atoms with Gasteiger partial charge in [0.25, 0.3) is 0 Å². The van der Waals surface area contributed by atoms with Gasteiger partial charge in [-0.1, -0.05) is 13.8 Å². The second-order valence-corrected chi connectivity index (χ2v) is 6.26. The third-order valence-corrected chi connectivity index (χ3v) is 4.12. The molecule has 96 valence electrons. The lowest BCUT2D eigenvalue weighted by Gasteiger charge is -2.21. The average molecular weight is 253 g/mol. The molecule has 0 unspecified atom stereocenters. The molecular formula is C13H23N3S. The van der Waals surface area contributed by atoms with Crippen molar-refractivity contribution in [2.75, 3.05) is 6.54 Å². The summed E-state index contributed by atoms with van der Waals surface area (Å²) in [6, 6.07) is 0.816. The molecule has 1 aliphatic carbocycles. The van der Waals surface area contributed by atoms with Crippen molar-refractivity contribution < 1.29 is 0 Å². The van der Waals surface area contributed by atoms with Crippen molar-refractivity contribution in [1.29, 1.82) is 0 Å². The van der Waals surface area contributed by atoms with Gasteiger partial charge in [0, 0.05) is 24.5 Å². The van der Waals surface area contributed by atoms with Gasteiger partial charge in [-0.05, 0) is 31.7 Å². The fourth-order valence-corrected chi connectivity index (χ4v) is 2.64. The predicted octanol–water partition coefficient (Wildman–Crippen LogP) is 2.61. The second-order valence-electron chi connectivity index (χ2n) is 5.32. The van der Waals surface area contributed by atoms with Gasteiger partial charge >= 0.3 is 0 Å². The number of hydrogen-bond donors (Lipinski definition) is 1. The zero-order chi connectivity index (χ0) is 12.3. The van der Waals surface area contributed by atoms with E-state index >= 15 is 0 Å². The van der Waals surface area contributed by atoms with Gasteiger partial charge in [0.2, 0.25) is 0 Å². The first-order valence-electron chi connectivity index (χ1n) is 6.56. The van der Waals surface area contributed by atoms with Gasteiger partial charge in [-0.15, -0.1) is 11.3 Å². The number of rotatable bonds is 7. The van der Waals surface area contributed by atoms with Crippen LogP contribution in [0.2, 0.25) is 0 Å². The van der Waals surface area contributed by atoms with Crippen LogP contribution >= 0.6 is 11.3 Å². The maximum Gasteiger partial charge on any atom is 0.106 e. The molecule has 0 atom stereocenters. The molecule has 1 fully saturated rings. The van der Waals surface area contributed by atoms with Crippen molar-refractivity contribution in [2.45, 2.75) is 52.2 Å². The number of nitrogens with zero attached hydrogens (tertiary/aromatic N) is 2. The minimum absolute atomic E-state index is 0.570. The van der Waals surface area contributed by atoms with Crippen LogP contribution < -0.4 is 5.73 Å². The summed E-state index contributed by atoms with van der Waals surface area (Å²) < 4.78 is 0. The molecule has 1 aliphatic rings. The van der Waals surface area contributed by atoms with Gasteiger partial charge in [-0.2, -0.15) is 0 Å². The molecule has 0 aromatic carbocycles. The first kappa shape index (κ1) is 13.0. The lowest BCUT2D eigenvalue weighted by Crippen LogP contribution is -2.27. The molecule has 0 aliphatic heterocycles. The highest BCUT2D eigenvalue weighted by atomic mass is 32.1. The Morgan fingerprint density at radius 2 is 2.29 bits per heavy atom. The lowest BCUT2D eigenvalue weighted by molar-refractivity contribution is 0.237. The van der Waals surface area contributed by atoms with E-state index in [0.29, 0.717) is 6.54 Å². The first-order valence-corrected chi connectivity index (χ1v) is 7.44. The largest absolute Gasteiger partial charge is 0.325 e. The molecule has 0 spiro atoms. The van der Waals surface area contributed by atoms with Crippen LogP contribution in [-0.4, -0.2) is 22.5 Å². The van der Waals surface area contributed by atoms with E-state index < -0.39 is 0 Å². The van der Waals surface area contributed by atoms with E-state index in [9.17, 15) is 0 Å². The predicted molar refractivity (Wildman–Crippen MR) is 72.9 cm³/mol. The van der Waals surface area contributed by atoms with Crippen molar-refractivity contribution in [2.24, 2.45) is 11.7 Å². The van der Waals surface area contributed by atoms with Crippen LogP contribution in [0.5, 0.6) is 0 Å². The molecule has 0 bridgehead atoms. The van der Waals surface area contributed by atoms with E-state index in [1.54, 1.807) is 11.3 Å². The van der Waals surface area contributed by atoms with Crippen molar-refractivity contribution in [3.63, 3.8) is 0 Å². The van der Waals surface area contributed by atoms with E-state index in [0.717, 1.165) is 23.5 Å². The summed E-state index contributed by atoms with van der Waals surface area (Å²) in [7, 11) is 0. The Bertz CT molecular complexity index is 344. The molecule has 0 radical (unpaired) electrons. The van der Waals surface area contributed by atoms with Crippen LogP contribution in [0.4, 0.5) is 0 Å². The van der Waals surface area contributed by atoms with Gasteiger partial charge in [0.05, 0.1) is 5.69 Å². The van der Waals surface area contributed by atoms with Crippen molar-refractivity contribution in [3.05, 3.63) is 16.1 Å². The maximum absolute atomic E-state index is 5.60. The van der Waals surface area contributed by atoms with E-state index in [1.807, 2.05) is 0 Å². The third-order valence-electron chi connectivity index (χ3n) is 3.20. The number of hydrogen-bond acceptors (Lipinski definition) is 4. The van der Waals surface area contributed by atoms with Gasteiger partial charge in [0.1, 0.15) is 5.01 Å². The average Bonchev–Trinajstić information content (AvgIpc) is 3.04. The second kappa shape index (κ2) is 5.94. The normalized spacial score (nSPS) is 16.1. The molecule has 1 aromatic heterocycles. The van der Waals surface area contributed by atoms with Crippen molar-refractivity contribution in [3.8, 4) is 0 Å². The van der Waals surface area contributed by atoms with E-state index in [2.05, 4.69) is 29.1 Å². The van der Waals surface area contributed by atoms with Crippen LogP contribution in [0.3, 0.4) is 0 Å². The summed E-state index contributed by atoms with van der Waals surface area (Å²) in [6.07, 6.45) is 4.02. The Balaban J connectivity index is 1.88. The molecular weight excluding hydrogens is 230 g/mol. The zero-order valence-electron chi connectivity index (χ0n) is 10.9. The molecule has 2 rings (SSSR count). The van der Waals surface area contributed by atoms with Gasteiger partial charge in [-0.3, -0.25) is 4.90 Å². The molecule has 4 heteroatoms. The summed E-state index contributed by atoms with van der Waals surface area (Å²) in [5, 5.41) is 3.21. The Labute approximate surface area is 108 Å². The van der Waals surface area contributed by atoms with E-state index in [-0.39, 0.29) is 0 Å². The van der Waals surface area contributed by atoms with Crippen molar-refractivity contribution in [1.82, 2.24) is 9.88 Å². The Kier molecular flexibility index (Phi) is 4.54. The first-order chi connectivity index (χ1) is 8.19. The smallest absolute Gasteiger partial charge is 0.106 e. The third kappa shape index (κ3) is 4.05. The molecule has 1 aromatic rings. The Morgan fingerprint density at radius 3 is 2.82 bits per heavy atom. The maximum atomic E-state index is 5.60. The number of thiazole rings is 1. The van der Waals surface area contributed by atoms with Crippen molar-refractivity contribution >= 4 is 11.3 Å². The highest BCUT2D eigenvalue weighted by molar-refractivity contribution is 7.09. The van der Waals surface area contributed by atoms with Gasteiger partial charge < -0.3 is 5.73 Å². The lowest BCUT2D eigenvalue weighted by atomic mass is 10.1. The monoisotopic (exact) mass is 253 g/mol. The van der Waals surface area contributed by atoms with Crippen LogP contribution in [0.25, 0.3) is 0 Å². The molecule has 2 N–H and O–H groups in total. The Morgan fingerprint density at radius 1 is 1.53 bits per heavy atom. The Hall–Kier alpha value is -0.450. The minimum Gasteiger partial charge on any atom is -0.325 e. The fourth-order valence-electron chi connectivity index (χ4n) is 1.98. The van der Waals surface area contributed by atoms with Crippen LogP contribution in [0.1, 0.15) is 43.8 Å². The van der Waals surface area contributed by atoms with Crippen LogP contribution in [-0.2, 0) is 13.1 Å². The zero-order valence-corrected chi connectivity index (χ0v) is 11.7. The van der Waals surface area contributed by atoms with Gasteiger partial charge in [-0.25, -0.2) is 4.98 Å². The van der Waals surface area contributed by atoms with Crippen LogP contribution in [0, 0.1) is 5.92 Å². The summed E-state index contributed by atoms with van der Waals surface area (Å²) in [4.78, 5) is 7.15. The minimum atomic E-state index is 0.570. The quantitative estimate of drug-likeness (QED) is 0.812. The summed E-state index contributed by atoms with van der Waals surface area (Å²) in [5.41, 5.74) is 6.80. The molecule has 0 saturated heterocycles. The topological polar surface area (TPSA) is 42.1 Å². The molecule has 1 saturated carbocycles. The highest BCUT2D eigenvalue weighted by Crippen LogP contribution is 2.29. The standard InChI is InChI=1S/C13H23N3S/c1-10(2)5-6-16(12-3-4-12)8-11-9-17-13(7-14)15-11/h9-10,12H,3-8,14H2,1-2H3. The summed E-state index contributed by atoms with van der Waals surface area (Å²) >= 11 is 1.69. The fraction of sp³-hybridized carbons (Fsp3) is 0.769. The summed E-state index contributed by atoms with van der Waals surface area (Å²) in [5.74, 6) is 0.784. The molecule has 0 amide bonds. The van der Waals surface area contributed by atoms with Gasteiger partial charge in [0.15, 0.2) is 0 Å².